The molecule has 1 aromatic heterocycles. The van der Waals surface area contributed by atoms with E-state index in [2.05, 4.69) is 31.2 Å². The van der Waals surface area contributed by atoms with E-state index in [0.29, 0.717) is 0 Å². The van der Waals surface area contributed by atoms with Crippen LogP contribution >= 0.6 is 23.2 Å². The summed E-state index contributed by atoms with van der Waals surface area (Å²) in [5.74, 6) is -2.92. The van der Waals surface area contributed by atoms with E-state index in [9.17, 15) is 34.5 Å². The molecule has 0 bridgehead atoms. The van der Waals surface area contributed by atoms with Gasteiger partial charge in [-0.25, -0.2) is 0 Å². The van der Waals surface area contributed by atoms with Gasteiger partial charge in [-0.1, -0.05) is 23.2 Å². The Bertz CT molecular complexity index is 1270. The highest BCUT2D eigenvalue weighted by atomic mass is 35.5. The summed E-state index contributed by atoms with van der Waals surface area (Å²) in [6, 6.07) is 2.60. The molecule has 2 unspecified atom stereocenters. The van der Waals surface area contributed by atoms with E-state index in [1.54, 1.807) is 0 Å². The fourth-order valence-electron chi connectivity index (χ4n) is 3.22. The summed E-state index contributed by atoms with van der Waals surface area (Å²) in [5, 5.41) is 39.2. The largest absolute Gasteiger partial charge is 0.506 e. The summed E-state index contributed by atoms with van der Waals surface area (Å²) in [4.78, 5) is 54.8. The van der Waals surface area contributed by atoms with E-state index in [1.165, 1.54) is 18.2 Å². The number of guanidine groups is 1. The average molecular weight is 541 g/mol. The van der Waals surface area contributed by atoms with Gasteiger partial charge in [0.05, 0.1) is 42.2 Å². The van der Waals surface area contributed by atoms with Crippen LogP contribution < -0.4 is 26.8 Å². The van der Waals surface area contributed by atoms with Gasteiger partial charge in [-0.15, -0.1) is 0 Å². The number of β-amino-alcohol motifs (C(OH)–C–C–N with tert-alkyl or cyclic N) is 1. The van der Waals surface area contributed by atoms with Crippen LogP contribution in [0.1, 0.15) is 28.4 Å². The minimum absolute atomic E-state index is 0.00215. The number of hydrogen-bond acceptors (Lipinski definition) is 9. The number of nitrogens with zero attached hydrogens (tertiary/aromatic N) is 1. The molecule has 3 rings (SSSR count). The molecule has 0 radical (unpaired) electrons. The van der Waals surface area contributed by atoms with Gasteiger partial charge < -0.3 is 41.6 Å². The summed E-state index contributed by atoms with van der Waals surface area (Å²) >= 11 is 11.8. The van der Waals surface area contributed by atoms with Crippen LogP contribution in [0, 0.1) is 0 Å². The maximum Gasteiger partial charge on any atom is 0.305 e. The van der Waals surface area contributed by atoms with Crippen molar-refractivity contribution in [1.82, 2.24) is 20.9 Å². The van der Waals surface area contributed by atoms with Crippen molar-refractivity contribution in [3.05, 3.63) is 55.9 Å². The van der Waals surface area contributed by atoms with Crippen molar-refractivity contribution in [3.8, 4) is 5.75 Å². The molecule has 0 saturated heterocycles. The van der Waals surface area contributed by atoms with Crippen LogP contribution in [0.3, 0.4) is 0 Å². The normalized spacial score (nSPS) is 15.8. The van der Waals surface area contributed by atoms with E-state index in [-0.39, 0.29) is 45.9 Å². The van der Waals surface area contributed by atoms with Gasteiger partial charge in [0.1, 0.15) is 11.4 Å². The molecule has 192 valence electrons. The molecule has 0 fully saturated rings. The number of phenols is 1. The fraction of sp³-hybridized carbons (Fsp3) is 0.286. The second kappa shape index (κ2) is 11.7. The lowest BCUT2D eigenvalue weighted by atomic mass is 10.0. The van der Waals surface area contributed by atoms with Gasteiger partial charge in [-0.05, 0) is 18.2 Å². The van der Waals surface area contributed by atoms with Gasteiger partial charge in [0.25, 0.3) is 11.5 Å². The highest BCUT2D eigenvalue weighted by Crippen LogP contribution is 2.36. The van der Waals surface area contributed by atoms with Crippen molar-refractivity contribution in [3.63, 3.8) is 0 Å². The molecule has 1 aliphatic rings. The topological polar surface area (TPSA) is 205 Å². The first kappa shape index (κ1) is 26.8. The maximum atomic E-state index is 12.5. The molecule has 0 spiro atoms. The molecular weight excluding hydrogens is 519 g/mol. The Hall–Kier alpha value is -3.81. The molecule has 1 aliphatic heterocycles. The number of amides is 2. The molecule has 15 heteroatoms. The number of carbonyl (C=O) groups excluding carboxylic acids is 2. The number of nitrogens with one attached hydrogen (secondary N) is 5. The first-order valence-corrected chi connectivity index (χ1v) is 11.2. The van der Waals surface area contributed by atoms with Crippen LogP contribution in [-0.4, -0.2) is 69.8 Å². The number of H-pyrrole nitrogens is 1. The number of pyridine rings is 1. The number of rotatable bonds is 8. The number of aliphatic hydroxyl groups excluding tert-OH is 1. The zero-order valence-corrected chi connectivity index (χ0v) is 20.0. The molecule has 0 aliphatic carbocycles. The highest BCUT2D eigenvalue weighted by molar-refractivity contribution is 6.35. The first-order chi connectivity index (χ1) is 17.0. The summed E-state index contributed by atoms with van der Waals surface area (Å²) < 4.78 is 0. The number of anilines is 1. The van der Waals surface area contributed by atoms with Crippen LogP contribution in [0.15, 0.2) is 34.2 Å². The Balaban J connectivity index is 1.66. The van der Waals surface area contributed by atoms with Crippen LogP contribution in [0.4, 0.5) is 5.69 Å². The third-order valence-corrected chi connectivity index (χ3v) is 5.45. The van der Waals surface area contributed by atoms with Crippen molar-refractivity contribution in [2.45, 2.75) is 18.6 Å². The summed E-state index contributed by atoms with van der Waals surface area (Å²) in [6.45, 7) is -0.163. The Labute approximate surface area is 213 Å². The second-order valence-corrected chi connectivity index (χ2v) is 8.55. The van der Waals surface area contributed by atoms with Crippen LogP contribution in [0.25, 0.3) is 0 Å². The summed E-state index contributed by atoms with van der Waals surface area (Å²) in [7, 11) is 0. The van der Waals surface area contributed by atoms with Gasteiger partial charge in [-0.3, -0.25) is 24.2 Å². The number of carboxylic acids is 1. The van der Waals surface area contributed by atoms with Gasteiger partial charge in [0, 0.05) is 23.3 Å². The van der Waals surface area contributed by atoms with Crippen molar-refractivity contribution < 1.29 is 29.7 Å². The molecule has 0 saturated carbocycles. The molecule has 1 aromatic carbocycles. The van der Waals surface area contributed by atoms with E-state index < -0.39 is 54.2 Å². The average Bonchev–Trinajstić information content (AvgIpc) is 2.82. The van der Waals surface area contributed by atoms with Gasteiger partial charge in [0.15, 0.2) is 5.96 Å². The van der Waals surface area contributed by atoms with Crippen LogP contribution in [0.2, 0.25) is 10.0 Å². The minimum atomic E-state index is -1.26. The number of aromatic nitrogens is 1. The van der Waals surface area contributed by atoms with E-state index >= 15 is 0 Å². The summed E-state index contributed by atoms with van der Waals surface area (Å²) in [5.41, 5.74) is -0.513. The predicted molar refractivity (Wildman–Crippen MR) is 131 cm³/mol. The van der Waals surface area contributed by atoms with Crippen LogP contribution in [0.5, 0.6) is 5.75 Å². The smallest absolute Gasteiger partial charge is 0.305 e. The number of aromatic amines is 1. The predicted octanol–water partition coefficient (Wildman–Crippen LogP) is 0.181. The standard InChI is InChI=1S/C21H22Cl2N6O7/c22-10-2-12(18(34)13(23)3-10)14(4-17(32)33)28-16(31)8-25-19(35)9-1-15(20(36)24-5-9)29-21-26-6-11(30)7-27-21/h1-3,5,11,14,30,34H,4,6-8H2,(H,24,36)(H,25,35)(H,28,31)(H,32,33)(H2,26,27,29). The lowest BCUT2D eigenvalue weighted by molar-refractivity contribution is -0.137. The second-order valence-electron chi connectivity index (χ2n) is 7.71. The Kier molecular flexibility index (Phi) is 8.74. The number of aliphatic carboxylic acids is 1. The number of carboxylic acid groups (broad SMARTS) is 1. The highest BCUT2D eigenvalue weighted by Gasteiger charge is 2.23. The number of hydrogen-bond donors (Lipinski definition) is 8. The molecule has 13 nitrogen and oxygen atoms in total. The zero-order chi connectivity index (χ0) is 26.4. The van der Waals surface area contributed by atoms with E-state index in [4.69, 9.17) is 23.2 Å². The SMILES string of the molecule is O=C(O)CC(NC(=O)CNC(=O)c1c[nH]c(=O)c(NC2=NCC(O)CN2)c1)c1cc(Cl)cc(Cl)c1O. The van der Waals surface area contributed by atoms with Gasteiger partial charge in [0.2, 0.25) is 5.91 Å². The number of carbonyl (C=O) groups is 3. The number of phenolic OH excluding ortho intramolecular Hbond substituents is 1. The zero-order valence-electron chi connectivity index (χ0n) is 18.5. The number of benzene rings is 1. The molecule has 36 heavy (non-hydrogen) atoms. The number of halogens is 2. The molecule has 8 N–H and O–H groups in total. The molecular formula is C21H22Cl2N6O7. The van der Waals surface area contributed by atoms with Crippen molar-refractivity contribution in [2.24, 2.45) is 4.99 Å². The van der Waals surface area contributed by atoms with E-state index in [1.807, 2.05) is 0 Å². The van der Waals surface area contributed by atoms with Gasteiger partial charge in [-0.2, -0.15) is 0 Å². The summed E-state index contributed by atoms with van der Waals surface area (Å²) in [6.07, 6.45) is -0.0831. The van der Waals surface area contributed by atoms with Crippen molar-refractivity contribution in [2.75, 3.05) is 25.0 Å². The lowest BCUT2D eigenvalue weighted by Gasteiger charge is -2.20. The van der Waals surface area contributed by atoms with E-state index in [0.717, 1.165) is 6.20 Å². The number of aromatic hydroxyl groups is 1. The monoisotopic (exact) mass is 540 g/mol. The molecule has 2 atom stereocenters. The third-order valence-electron chi connectivity index (χ3n) is 4.94. The molecule has 2 amide bonds. The van der Waals surface area contributed by atoms with Gasteiger partial charge >= 0.3 is 5.97 Å². The number of aliphatic hydroxyl groups is 1. The first-order valence-electron chi connectivity index (χ1n) is 10.5. The fourth-order valence-corrected chi connectivity index (χ4v) is 3.73. The third kappa shape index (κ3) is 7.10. The van der Waals surface area contributed by atoms with Crippen molar-refractivity contribution in [1.29, 1.82) is 0 Å². The Morgan fingerprint density at radius 1 is 1.22 bits per heavy atom. The number of aliphatic imine (C=N–C) groups is 1. The molecule has 2 aromatic rings. The Morgan fingerprint density at radius 2 is 1.97 bits per heavy atom. The minimum Gasteiger partial charge on any atom is -0.506 e. The van der Waals surface area contributed by atoms with Crippen LogP contribution in [-0.2, 0) is 9.59 Å². The molecule has 2 heterocycles. The van der Waals surface area contributed by atoms with Crippen molar-refractivity contribution >= 4 is 52.6 Å². The Morgan fingerprint density at radius 3 is 2.64 bits per heavy atom. The lowest BCUT2D eigenvalue weighted by Crippen LogP contribution is -2.43. The quantitative estimate of drug-likeness (QED) is 0.229. The maximum absolute atomic E-state index is 12.5.